The van der Waals surface area contributed by atoms with E-state index in [1.165, 1.54) is 5.57 Å². The van der Waals surface area contributed by atoms with Crippen molar-refractivity contribution in [3.63, 3.8) is 0 Å². The minimum atomic E-state index is 0.287. The number of likely N-dealkylation sites (N-methyl/N-ethyl adjacent to an activating group) is 1. The van der Waals surface area contributed by atoms with Crippen LogP contribution < -0.4 is 10.1 Å². The highest BCUT2D eigenvalue weighted by molar-refractivity contribution is 5.21. The van der Waals surface area contributed by atoms with Crippen molar-refractivity contribution in [2.45, 2.75) is 26.8 Å². The van der Waals surface area contributed by atoms with E-state index >= 15 is 0 Å². The first-order valence-electron chi connectivity index (χ1n) is 5.78. The van der Waals surface area contributed by atoms with Gasteiger partial charge in [-0.25, -0.2) is 0 Å². The molecule has 0 amide bonds. The summed E-state index contributed by atoms with van der Waals surface area (Å²) >= 11 is 0. The molecule has 0 aromatic heterocycles. The van der Waals surface area contributed by atoms with Gasteiger partial charge in [-0.2, -0.15) is 0 Å². The first kappa shape index (κ1) is 12.8. The van der Waals surface area contributed by atoms with Crippen molar-refractivity contribution in [1.29, 1.82) is 0 Å². The van der Waals surface area contributed by atoms with E-state index in [4.69, 9.17) is 4.74 Å². The third-order valence-corrected chi connectivity index (χ3v) is 2.17. The largest absolute Gasteiger partial charge is 0.492 e. The summed E-state index contributed by atoms with van der Waals surface area (Å²) in [7, 11) is 0. The molecule has 0 bridgehead atoms. The molecule has 1 N–H and O–H groups in total. The van der Waals surface area contributed by atoms with E-state index in [0.29, 0.717) is 6.61 Å². The molecule has 0 aliphatic rings. The standard InChI is InChI=1S/C14H21NO/c1-4-15-13(10-12(2)3)11-16-14-8-6-5-7-9-14/h5-10,13,15H,4,11H2,1-3H3. The second-order valence-electron chi connectivity index (χ2n) is 4.03. The second kappa shape index (κ2) is 7.07. The summed E-state index contributed by atoms with van der Waals surface area (Å²) in [6.07, 6.45) is 2.20. The summed E-state index contributed by atoms with van der Waals surface area (Å²) in [6.45, 7) is 7.93. The molecule has 0 saturated heterocycles. The maximum absolute atomic E-state index is 5.71. The molecule has 0 fully saturated rings. The van der Waals surface area contributed by atoms with Crippen LogP contribution in [0.3, 0.4) is 0 Å². The third kappa shape index (κ3) is 4.99. The van der Waals surface area contributed by atoms with Gasteiger partial charge in [0, 0.05) is 0 Å². The molecule has 2 heteroatoms. The van der Waals surface area contributed by atoms with Crippen molar-refractivity contribution in [3.05, 3.63) is 42.0 Å². The molecule has 1 aromatic rings. The first-order valence-corrected chi connectivity index (χ1v) is 5.78. The zero-order valence-electron chi connectivity index (χ0n) is 10.4. The number of benzene rings is 1. The van der Waals surface area contributed by atoms with Gasteiger partial charge in [0.1, 0.15) is 12.4 Å². The molecule has 1 unspecified atom stereocenters. The van der Waals surface area contributed by atoms with Gasteiger partial charge in [-0.05, 0) is 32.5 Å². The molecule has 88 valence electrons. The Balaban J connectivity index is 2.47. The lowest BCUT2D eigenvalue weighted by Crippen LogP contribution is -2.32. The van der Waals surface area contributed by atoms with Crippen molar-refractivity contribution in [1.82, 2.24) is 5.32 Å². The van der Waals surface area contributed by atoms with Crippen molar-refractivity contribution >= 4 is 0 Å². The fraction of sp³-hybridized carbons (Fsp3) is 0.429. The lowest BCUT2D eigenvalue weighted by atomic mass is 10.2. The van der Waals surface area contributed by atoms with E-state index in [9.17, 15) is 0 Å². The molecule has 0 spiro atoms. The average molecular weight is 219 g/mol. The molecular formula is C14H21NO. The van der Waals surface area contributed by atoms with Crippen LogP contribution in [-0.2, 0) is 0 Å². The zero-order chi connectivity index (χ0) is 11.8. The van der Waals surface area contributed by atoms with Crippen LogP contribution in [0.15, 0.2) is 42.0 Å². The predicted octanol–water partition coefficient (Wildman–Crippen LogP) is 3.01. The van der Waals surface area contributed by atoms with Crippen molar-refractivity contribution in [3.8, 4) is 5.75 Å². The minimum absolute atomic E-state index is 0.287. The maximum atomic E-state index is 5.71. The Morgan fingerprint density at radius 2 is 2.00 bits per heavy atom. The fourth-order valence-electron chi connectivity index (χ4n) is 1.53. The number of hydrogen-bond acceptors (Lipinski definition) is 2. The first-order chi connectivity index (χ1) is 7.72. The third-order valence-electron chi connectivity index (χ3n) is 2.17. The summed E-state index contributed by atoms with van der Waals surface area (Å²) in [6, 6.07) is 10.2. The average Bonchev–Trinajstić information content (AvgIpc) is 2.27. The smallest absolute Gasteiger partial charge is 0.119 e. The molecule has 0 aliphatic heterocycles. The molecule has 16 heavy (non-hydrogen) atoms. The normalized spacial score (nSPS) is 11.9. The number of rotatable bonds is 6. The topological polar surface area (TPSA) is 21.3 Å². The molecule has 0 saturated carbocycles. The van der Waals surface area contributed by atoms with Crippen molar-refractivity contribution in [2.75, 3.05) is 13.2 Å². The molecule has 0 radical (unpaired) electrons. The number of hydrogen-bond donors (Lipinski definition) is 1. The van der Waals surface area contributed by atoms with Crippen LogP contribution in [0.5, 0.6) is 5.75 Å². The fourth-order valence-corrected chi connectivity index (χ4v) is 1.53. The number of para-hydroxylation sites is 1. The van der Waals surface area contributed by atoms with Gasteiger partial charge in [0.15, 0.2) is 0 Å². The van der Waals surface area contributed by atoms with Gasteiger partial charge < -0.3 is 10.1 Å². The van der Waals surface area contributed by atoms with Crippen LogP contribution in [-0.4, -0.2) is 19.2 Å². The molecular weight excluding hydrogens is 198 g/mol. The molecule has 1 rings (SSSR count). The summed E-state index contributed by atoms with van der Waals surface area (Å²) in [5.41, 5.74) is 1.31. The zero-order valence-corrected chi connectivity index (χ0v) is 10.4. The summed E-state index contributed by atoms with van der Waals surface area (Å²) in [4.78, 5) is 0. The van der Waals surface area contributed by atoms with Crippen LogP contribution in [0, 0.1) is 0 Å². The Labute approximate surface area is 98.3 Å². The van der Waals surface area contributed by atoms with Gasteiger partial charge in [-0.1, -0.05) is 36.8 Å². The lowest BCUT2D eigenvalue weighted by molar-refractivity contribution is 0.287. The van der Waals surface area contributed by atoms with Gasteiger partial charge >= 0.3 is 0 Å². The van der Waals surface area contributed by atoms with E-state index < -0.39 is 0 Å². The Kier molecular flexibility index (Phi) is 5.65. The van der Waals surface area contributed by atoms with Crippen molar-refractivity contribution < 1.29 is 4.74 Å². The quantitative estimate of drug-likeness (QED) is 0.743. The van der Waals surface area contributed by atoms with E-state index in [1.807, 2.05) is 30.3 Å². The monoisotopic (exact) mass is 219 g/mol. The van der Waals surface area contributed by atoms with Crippen LogP contribution in [0.4, 0.5) is 0 Å². The molecule has 0 aliphatic carbocycles. The van der Waals surface area contributed by atoms with E-state index in [1.54, 1.807) is 0 Å². The number of ether oxygens (including phenoxy) is 1. The molecule has 1 atom stereocenters. The summed E-state index contributed by atoms with van der Waals surface area (Å²) in [5, 5.41) is 3.38. The number of allylic oxidation sites excluding steroid dienone is 1. The van der Waals surface area contributed by atoms with Gasteiger partial charge in [-0.15, -0.1) is 0 Å². The van der Waals surface area contributed by atoms with Crippen molar-refractivity contribution in [2.24, 2.45) is 0 Å². The van der Waals surface area contributed by atoms with Crippen LogP contribution in [0.1, 0.15) is 20.8 Å². The number of nitrogens with one attached hydrogen (secondary N) is 1. The van der Waals surface area contributed by atoms with Crippen LogP contribution in [0.25, 0.3) is 0 Å². The SMILES string of the molecule is CCNC(C=C(C)C)COc1ccccc1. The highest BCUT2D eigenvalue weighted by Gasteiger charge is 2.04. The summed E-state index contributed by atoms with van der Waals surface area (Å²) in [5.74, 6) is 0.924. The van der Waals surface area contributed by atoms with E-state index in [0.717, 1.165) is 12.3 Å². The van der Waals surface area contributed by atoms with Gasteiger partial charge in [-0.3, -0.25) is 0 Å². The lowest BCUT2D eigenvalue weighted by Gasteiger charge is -2.15. The molecule has 2 nitrogen and oxygen atoms in total. The molecule has 0 heterocycles. The van der Waals surface area contributed by atoms with Gasteiger partial charge in [0.05, 0.1) is 6.04 Å². The Bertz CT molecular complexity index is 315. The van der Waals surface area contributed by atoms with Crippen LogP contribution >= 0.6 is 0 Å². The van der Waals surface area contributed by atoms with Crippen LogP contribution in [0.2, 0.25) is 0 Å². The van der Waals surface area contributed by atoms with Gasteiger partial charge in [0.2, 0.25) is 0 Å². The highest BCUT2D eigenvalue weighted by Crippen LogP contribution is 2.09. The highest BCUT2D eigenvalue weighted by atomic mass is 16.5. The second-order valence-corrected chi connectivity index (χ2v) is 4.03. The van der Waals surface area contributed by atoms with Gasteiger partial charge in [0.25, 0.3) is 0 Å². The Morgan fingerprint density at radius 1 is 1.31 bits per heavy atom. The Morgan fingerprint density at radius 3 is 2.56 bits per heavy atom. The Hall–Kier alpha value is -1.28. The maximum Gasteiger partial charge on any atom is 0.119 e. The van der Waals surface area contributed by atoms with E-state index in [2.05, 4.69) is 32.2 Å². The minimum Gasteiger partial charge on any atom is -0.492 e. The van der Waals surface area contributed by atoms with E-state index in [-0.39, 0.29) is 6.04 Å². The summed E-state index contributed by atoms with van der Waals surface area (Å²) < 4.78 is 5.71. The molecule has 1 aromatic carbocycles. The predicted molar refractivity (Wildman–Crippen MR) is 68.8 cm³/mol.